The predicted molar refractivity (Wildman–Crippen MR) is 164 cm³/mol. The van der Waals surface area contributed by atoms with E-state index in [-0.39, 0.29) is 30.7 Å². The van der Waals surface area contributed by atoms with Crippen molar-refractivity contribution in [3.8, 4) is 0 Å². The number of halogens is 2. The molecule has 0 radical (unpaired) electrons. The van der Waals surface area contributed by atoms with Crippen molar-refractivity contribution >= 4 is 35.0 Å². The largest absolute Gasteiger partial charge is 0.354 e. The molecule has 1 atom stereocenters. The summed E-state index contributed by atoms with van der Waals surface area (Å²) in [5, 5.41) is 3.88. The van der Waals surface area contributed by atoms with E-state index >= 15 is 0 Å². The van der Waals surface area contributed by atoms with Crippen LogP contribution in [0.5, 0.6) is 0 Å². The van der Waals surface area contributed by atoms with Gasteiger partial charge in [-0.25, -0.2) is 0 Å². The van der Waals surface area contributed by atoms with E-state index in [2.05, 4.69) is 5.32 Å². The lowest BCUT2D eigenvalue weighted by atomic mass is 9.87. The van der Waals surface area contributed by atoms with Crippen molar-refractivity contribution in [2.24, 2.45) is 0 Å². The molecule has 206 valence electrons. The Morgan fingerprint density at radius 1 is 0.750 bits per heavy atom. The Kier molecular flexibility index (Phi) is 10.8. The monoisotopic (exact) mass is 572 g/mol. The fourth-order valence-electron chi connectivity index (χ4n) is 4.85. The zero-order valence-corrected chi connectivity index (χ0v) is 24.1. The molecule has 0 aliphatic heterocycles. The van der Waals surface area contributed by atoms with E-state index in [1.54, 1.807) is 17.0 Å². The summed E-state index contributed by atoms with van der Waals surface area (Å²) < 4.78 is 0. The predicted octanol–water partition coefficient (Wildman–Crippen LogP) is 7.68. The highest BCUT2D eigenvalue weighted by atomic mass is 35.5. The highest BCUT2D eigenvalue weighted by Gasteiger charge is 2.32. The second-order valence-electron chi connectivity index (χ2n) is 9.84. The Labute approximate surface area is 246 Å². The van der Waals surface area contributed by atoms with Crippen molar-refractivity contribution in [2.75, 3.05) is 6.54 Å². The van der Waals surface area contributed by atoms with Gasteiger partial charge in [-0.05, 0) is 40.8 Å². The van der Waals surface area contributed by atoms with Crippen LogP contribution in [0.25, 0.3) is 0 Å². The number of hydrogen-bond acceptors (Lipinski definition) is 2. The summed E-state index contributed by atoms with van der Waals surface area (Å²) in [4.78, 5) is 29.7. The Bertz CT molecular complexity index is 1340. The van der Waals surface area contributed by atoms with Crippen LogP contribution >= 0.6 is 23.2 Å². The Morgan fingerprint density at radius 3 is 1.88 bits per heavy atom. The molecule has 6 heteroatoms. The fraction of sp³-hybridized carbons (Fsp3) is 0.235. The second-order valence-corrected chi connectivity index (χ2v) is 10.7. The van der Waals surface area contributed by atoms with Gasteiger partial charge in [0.2, 0.25) is 11.8 Å². The average Bonchev–Trinajstić information content (AvgIpc) is 2.99. The van der Waals surface area contributed by atoms with Crippen LogP contribution < -0.4 is 5.32 Å². The van der Waals surface area contributed by atoms with Crippen LogP contribution in [0.3, 0.4) is 0 Å². The third-order valence-electron chi connectivity index (χ3n) is 6.94. The van der Waals surface area contributed by atoms with E-state index in [1.807, 2.05) is 104 Å². The molecule has 0 aromatic heterocycles. The van der Waals surface area contributed by atoms with Gasteiger partial charge in [0.05, 0.1) is 10.0 Å². The fourth-order valence-corrected chi connectivity index (χ4v) is 5.17. The van der Waals surface area contributed by atoms with Gasteiger partial charge < -0.3 is 10.2 Å². The van der Waals surface area contributed by atoms with Crippen molar-refractivity contribution in [1.82, 2.24) is 10.2 Å². The quantitative estimate of drug-likeness (QED) is 0.189. The summed E-state index contributed by atoms with van der Waals surface area (Å²) in [6.45, 7) is 2.77. The zero-order valence-electron chi connectivity index (χ0n) is 22.6. The van der Waals surface area contributed by atoms with Crippen molar-refractivity contribution in [1.29, 1.82) is 0 Å². The lowest BCUT2D eigenvalue weighted by molar-refractivity contribution is -0.141. The van der Waals surface area contributed by atoms with Crippen molar-refractivity contribution in [3.63, 3.8) is 0 Å². The number of nitrogens with zero attached hydrogens (tertiary/aromatic N) is 1. The number of benzene rings is 4. The van der Waals surface area contributed by atoms with E-state index in [9.17, 15) is 9.59 Å². The minimum atomic E-state index is -0.705. The molecule has 4 rings (SSSR count). The van der Waals surface area contributed by atoms with E-state index in [1.165, 1.54) is 0 Å². The Hall–Kier alpha value is -3.60. The van der Waals surface area contributed by atoms with E-state index in [0.29, 0.717) is 23.0 Å². The van der Waals surface area contributed by atoms with Crippen molar-refractivity contribution in [3.05, 3.63) is 141 Å². The summed E-state index contributed by atoms with van der Waals surface area (Å²) in [7, 11) is 0. The number of hydrogen-bond donors (Lipinski definition) is 1. The van der Waals surface area contributed by atoms with Gasteiger partial charge in [0.25, 0.3) is 0 Å². The van der Waals surface area contributed by atoms with Crippen molar-refractivity contribution in [2.45, 2.75) is 44.7 Å². The molecular weight excluding hydrogens is 539 g/mol. The minimum Gasteiger partial charge on any atom is -0.354 e. The van der Waals surface area contributed by atoms with Gasteiger partial charge in [0.15, 0.2) is 0 Å². The first-order valence-corrected chi connectivity index (χ1v) is 14.4. The molecule has 0 heterocycles. The summed E-state index contributed by atoms with van der Waals surface area (Å²) >= 11 is 12.5. The molecule has 40 heavy (non-hydrogen) atoms. The van der Waals surface area contributed by atoms with Crippen LogP contribution in [-0.2, 0) is 22.6 Å². The molecule has 0 spiro atoms. The van der Waals surface area contributed by atoms with Crippen LogP contribution in [0.4, 0.5) is 0 Å². The Balaban J connectivity index is 1.74. The molecule has 0 fully saturated rings. The molecule has 0 aliphatic carbocycles. The molecule has 0 saturated carbocycles. The number of carbonyl (C=O) groups is 2. The maximum absolute atomic E-state index is 14.4. The third kappa shape index (κ3) is 7.97. The molecule has 0 bridgehead atoms. The molecule has 4 nitrogen and oxygen atoms in total. The molecule has 1 N–H and O–H groups in total. The summed E-state index contributed by atoms with van der Waals surface area (Å²) in [5.41, 5.74) is 3.88. The first-order valence-electron chi connectivity index (χ1n) is 13.6. The molecule has 4 aromatic carbocycles. The molecule has 0 saturated heterocycles. The summed E-state index contributed by atoms with van der Waals surface area (Å²) in [5.74, 6) is -0.450. The van der Waals surface area contributed by atoms with Crippen LogP contribution in [-0.4, -0.2) is 29.3 Å². The lowest BCUT2D eigenvalue weighted by Gasteiger charge is -2.33. The van der Waals surface area contributed by atoms with E-state index in [0.717, 1.165) is 28.7 Å². The van der Waals surface area contributed by atoms with Gasteiger partial charge >= 0.3 is 0 Å². The minimum absolute atomic E-state index is 0.114. The maximum Gasteiger partial charge on any atom is 0.243 e. The van der Waals surface area contributed by atoms with E-state index < -0.39 is 6.04 Å². The van der Waals surface area contributed by atoms with Crippen molar-refractivity contribution < 1.29 is 9.59 Å². The lowest BCUT2D eigenvalue weighted by Crippen LogP contribution is -2.50. The summed E-state index contributed by atoms with van der Waals surface area (Å²) in [6, 6.07) is 34.5. The summed E-state index contributed by atoms with van der Waals surface area (Å²) in [6.07, 6.45) is 1.40. The maximum atomic E-state index is 14.4. The third-order valence-corrected chi connectivity index (χ3v) is 7.68. The number of nitrogens with one attached hydrogen (secondary N) is 1. The number of amides is 2. The number of carbonyl (C=O) groups excluding carboxylic acids is 2. The normalized spacial score (nSPS) is 11.7. The zero-order chi connectivity index (χ0) is 28.3. The molecular formula is C34H34Cl2N2O2. The molecule has 4 aromatic rings. The van der Waals surface area contributed by atoms with Crippen LogP contribution in [0, 0.1) is 0 Å². The van der Waals surface area contributed by atoms with Crippen LogP contribution in [0.1, 0.15) is 47.9 Å². The highest BCUT2D eigenvalue weighted by Crippen LogP contribution is 2.30. The average molecular weight is 574 g/mol. The molecule has 0 unspecified atom stereocenters. The van der Waals surface area contributed by atoms with Crippen LogP contribution in [0.15, 0.2) is 109 Å². The van der Waals surface area contributed by atoms with Crippen LogP contribution in [0.2, 0.25) is 10.0 Å². The van der Waals surface area contributed by atoms with Gasteiger partial charge in [0, 0.05) is 31.8 Å². The molecule has 2 amide bonds. The first-order chi connectivity index (χ1) is 19.5. The van der Waals surface area contributed by atoms with Gasteiger partial charge in [0.1, 0.15) is 6.04 Å². The first kappa shape index (κ1) is 29.4. The van der Waals surface area contributed by atoms with Gasteiger partial charge in [-0.2, -0.15) is 0 Å². The SMILES string of the molecule is CCCNC(=O)[C@H](Cc1ccccc1)N(Cc1ccc(Cl)c(Cl)c1)C(=O)CC(c1ccccc1)c1ccccc1. The number of rotatable bonds is 12. The smallest absolute Gasteiger partial charge is 0.243 e. The van der Waals surface area contributed by atoms with Gasteiger partial charge in [-0.3, -0.25) is 9.59 Å². The topological polar surface area (TPSA) is 49.4 Å². The molecule has 0 aliphatic rings. The Morgan fingerprint density at radius 2 is 1.32 bits per heavy atom. The highest BCUT2D eigenvalue weighted by molar-refractivity contribution is 6.42. The second kappa shape index (κ2) is 14.7. The van der Waals surface area contributed by atoms with Gasteiger partial charge in [-0.1, -0.05) is 127 Å². The standard InChI is InChI=1S/C34H34Cl2N2O2/c1-2-20-37-34(40)32(22-25-12-6-3-7-13-25)38(24-26-18-19-30(35)31(36)21-26)33(39)23-29(27-14-8-4-9-15-27)28-16-10-5-11-17-28/h3-19,21,29,32H,2,20,22-24H2,1H3,(H,37,40)/t32-/m0/s1. The van der Waals surface area contributed by atoms with E-state index in [4.69, 9.17) is 23.2 Å². The van der Waals surface area contributed by atoms with Gasteiger partial charge in [-0.15, -0.1) is 0 Å².